The van der Waals surface area contributed by atoms with Gasteiger partial charge in [-0.2, -0.15) is 0 Å². The minimum absolute atomic E-state index is 0.0995. The molecule has 0 aromatic heterocycles. The molecule has 5 aromatic carbocycles. The number of rotatable bonds is 48. The Kier molecular flexibility index (Phi) is 58.4. The van der Waals surface area contributed by atoms with E-state index in [1.165, 1.54) is 114 Å². The highest BCUT2D eigenvalue weighted by Gasteiger charge is 2.18. The van der Waals surface area contributed by atoms with Gasteiger partial charge in [0.2, 0.25) is 5.91 Å². The van der Waals surface area contributed by atoms with Gasteiger partial charge in [0.05, 0.1) is 49.8 Å². The summed E-state index contributed by atoms with van der Waals surface area (Å²) >= 11 is 0. The highest BCUT2D eigenvalue weighted by Crippen LogP contribution is 2.20. The first kappa shape index (κ1) is 97.5. The number of hydrogen-bond donors (Lipinski definition) is 9. The molecule has 0 unspecified atom stereocenters. The molecule has 9 N–H and O–H groups in total. The zero-order valence-electron chi connectivity index (χ0n) is 68.9. The Morgan fingerprint density at radius 1 is 0.368 bits per heavy atom. The minimum Gasteiger partial charge on any atom is -0.494 e. The Bertz CT molecular complexity index is 3010. The molecule has 0 aliphatic rings. The molecule has 10 atom stereocenters. The molecule has 13 nitrogen and oxygen atoms in total. The monoisotopic (exact) mass is 1460 g/mol. The van der Waals surface area contributed by atoms with Gasteiger partial charge in [0, 0.05) is 31.1 Å². The van der Waals surface area contributed by atoms with E-state index >= 15 is 0 Å². The SMILES string of the molecule is CCCCCOc1ccc(/C=C/[C@H](O)[C@@H](CC)N(C)C)cc1.CCCCCOc1ccc(/C=C/[C@H](O)[C@@H](CC)NC)cc1.CCCCCc1ccc(/C=C/[C@H](O)[C@@H](CC)NC(C)=O)cc1.CCCCCc1ccc(/C=C/[C@H](O)[C@@H](CC)NC)cc1.CCCCCc1ccc(/C=C/[C@H](O)[C@@H](CC)NCC)cc1. The van der Waals surface area contributed by atoms with Gasteiger partial charge in [-0.1, -0.05) is 298 Å². The second kappa shape index (κ2) is 63.4. The largest absolute Gasteiger partial charge is 0.494 e. The molecule has 0 fully saturated rings. The predicted molar refractivity (Wildman–Crippen MR) is 457 cm³/mol. The second-order valence-corrected chi connectivity index (χ2v) is 27.9. The van der Waals surface area contributed by atoms with Crippen LogP contribution < -0.4 is 30.7 Å². The van der Waals surface area contributed by atoms with E-state index in [2.05, 4.69) is 168 Å². The van der Waals surface area contributed by atoms with Crippen LogP contribution in [0.1, 0.15) is 256 Å². The van der Waals surface area contributed by atoms with E-state index in [9.17, 15) is 30.3 Å². The number of ether oxygens (including phenoxy) is 2. The summed E-state index contributed by atoms with van der Waals surface area (Å²) in [5.41, 5.74) is 9.67. The molecule has 0 aliphatic heterocycles. The third-order valence-electron chi connectivity index (χ3n) is 18.8. The summed E-state index contributed by atoms with van der Waals surface area (Å²) in [5, 5.41) is 62.8. The Labute approximate surface area is 646 Å². The number of unbranched alkanes of at least 4 members (excludes halogenated alkanes) is 10. The molecule has 0 saturated carbocycles. The molecular weight excluding hydrogens is 1320 g/mol. The van der Waals surface area contributed by atoms with Crippen LogP contribution in [0.15, 0.2) is 152 Å². The fourth-order valence-corrected chi connectivity index (χ4v) is 11.9. The maximum absolute atomic E-state index is 11.1. The van der Waals surface area contributed by atoms with Crippen LogP contribution >= 0.6 is 0 Å². The fourth-order valence-electron chi connectivity index (χ4n) is 11.9. The summed E-state index contributed by atoms with van der Waals surface area (Å²) in [5.74, 6) is 1.70. The lowest BCUT2D eigenvalue weighted by Crippen LogP contribution is -2.40. The number of nitrogens with one attached hydrogen (secondary N) is 4. The number of benzene rings is 5. The number of carbonyl (C=O) groups is 1. The summed E-state index contributed by atoms with van der Waals surface area (Å²) in [4.78, 5) is 13.1. The lowest BCUT2D eigenvalue weighted by Gasteiger charge is -2.25. The van der Waals surface area contributed by atoms with Crippen LogP contribution in [0.4, 0.5) is 0 Å². The van der Waals surface area contributed by atoms with Gasteiger partial charge in [-0.3, -0.25) is 4.79 Å². The van der Waals surface area contributed by atoms with Gasteiger partial charge in [-0.25, -0.2) is 0 Å². The quantitative estimate of drug-likeness (QED) is 0.0168. The molecule has 0 bridgehead atoms. The van der Waals surface area contributed by atoms with E-state index in [0.29, 0.717) is 6.42 Å². The summed E-state index contributed by atoms with van der Waals surface area (Å²) < 4.78 is 11.4. The van der Waals surface area contributed by atoms with Gasteiger partial charge in [-0.05, 0) is 187 Å². The topological polar surface area (TPSA) is 188 Å². The molecule has 0 aliphatic carbocycles. The van der Waals surface area contributed by atoms with Crippen molar-refractivity contribution in [3.05, 3.63) is 196 Å². The fraction of sp³-hybridized carbons (Fsp3) is 0.559. The molecule has 1 amide bonds. The zero-order chi connectivity index (χ0) is 78.5. The number of hydrogen-bond acceptors (Lipinski definition) is 12. The standard InChI is InChI=1S/C19H31NO2.C19H29NO2.C19H31NO.C18H29NO2.C18H29NO/c1-5-7-8-15-22-17-12-9-16(10-13-17)11-14-19(21)18(6-2)20(3)4;1-4-6-7-8-16-9-11-17(12-10-16)13-14-19(22)18(5-2)20-15(3)21;1-4-7-8-9-16-10-12-17(13-11-16)14-15-19(21)18(5-2)20-6-3;1-4-6-7-14-21-16-11-8-15(9-12-16)10-13-18(20)17(5-2)19-3;1-4-6-7-8-15-9-11-16(12-10-15)13-14-18(20)17(5-2)19-3/h9-14,18-19,21H,5-8,15H2,1-4H3;9-14,18-19,22H,4-8H2,1-3H3,(H,20,21);10-15,18-21H,4-9H2,1-3H3;8-13,17-20H,4-7,14H2,1-3H3;9-14,17-20H,4-8H2,1-3H3/b14-11+;14-13+;15-14+;13-10+;14-13+/t3*18-,19+;2*17-,18+/m11111/s1. The van der Waals surface area contributed by atoms with Gasteiger partial charge in [-0.15, -0.1) is 0 Å². The van der Waals surface area contributed by atoms with Gasteiger partial charge < -0.3 is 61.2 Å². The van der Waals surface area contributed by atoms with Crippen molar-refractivity contribution in [2.24, 2.45) is 0 Å². The molecule has 5 aromatic rings. The molecule has 106 heavy (non-hydrogen) atoms. The first-order valence-electron chi connectivity index (χ1n) is 40.8. The summed E-state index contributed by atoms with van der Waals surface area (Å²) in [6, 6.07) is 42.0. The third kappa shape index (κ3) is 46.0. The van der Waals surface area contributed by atoms with E-state index < -0.39 is 30.5 Å². The maximum atomic E-state index is 11.1. The number of amides is 1. The number of carbonyl (C=O) groups excluding carboxylic acids is 1. The number of aliphatic hydroxyl groups is 5. The van der Waals surface area contributed by atoms with Crippen LogP contribution in [0.3, 0.4) is 0 Å². The highest BCUT2D eigenvalue weighted by atomic mass is 16.5. The first-order valence-corrected chi connectivity index (χ1v) is 40.8. The highest BCUT2D eigenvalue weighted by molar-refractivity contribution is 5.73. The number of nitrogens with zero attached hydrogens (tertiary/aromatic N) is 1. The van der Waals surface area contributed by atoms with Gasteiger partial charge >= 0.3 is 0 Å². The second-order valence-electron chi connectivity index (χ2n) is 27.9. The minimum atomic E-state index is -0.668. The Morgan fingerprint density at radius 2 is 0.642 bits per heavy atom. The zero-order valence-corrected chi connectivity index (χ0v) is 68.9. The van der Waals surface area contributed by atoms with E-state index in [4.69, 9.17) is 9.47 Å². The van der Waals surface area contributed by atoms with Gasteiger partial charge in [0.15, 0.2) is 0 Å². The molecule has 0 saturated heterocycles. The average molecular weight is 1470 g/mol. The molecule has 594 valence electrons. The van der Waals surface area contributed by atoms with Crippen molar-refractivity contribution >= 4 is 36.3 Å². The molecule has 0 heterocycles. The van der Waals surface area contributed by atoms with Crippen molar-refractivity contribution in [3.8, 4) is 11.5 Å². The van der Waals surface area contributed by atoms with Crippen LogP contribution in [0.2, 0.25) is 0 Å². The van der Waals surface area contributed by atoms with Crippen molar-refractivity contribution in [1.82, 2.24) is 26.2 Å². The normalized spacial score (nSPS) is 14.4. The molecule has 5 rings (SSSR count). The average Bonchev–Trinajstić information content (AvgIpc) is 0.925. The van der Waals surface area contributed by atoms with E-state index in [-0.39, 0.29) is 36.1 Å². The molecular formula is C93H149N5O8. The lowest BCUT2D eigenvalue weighted by atomic mass is 10.0. The third-order valence-corrected chi connectivity index (χ3v) is 18.8. The molecule has 0 radical (unpaired) electrons. The Balaban J connectivity index is 0.000000663. The summed E-state index contributed by atoms with van der Waals surface area (Å²) in [6.07, 6.45) is 42.9. The number of aryl methyl sites for hydroxylation is 3. The summed E-state index contributed by atoms with van der Waals surface area (Å²) in [7, 11) is 7.75. The van der Waals surface area contributed by atoms with E-state index in [1.807, 2.05) is 138 Å². The lowest BCUT2D eigenvalue weighted by molar-refractivity contribution is -0.120. The number of aliphatic hydroxyl groups excluding tert-OH is 5. The van der Waals surface area contributed by atoms with Gasteiger partial charge in [0.1, 0.15) is 11.5 Å². The Hall–Kier alpha value is -6.49. The number of likely N-dealkylation sites (N-methyl/N-ethyl adjacent to an activating group) is 4. The van der Waals surface area contributed by atoms with Gasteiger partial charge in [0.25, 0.3) is 0 Å². The van der Waals surface area contributed by atoms with Crippen LogP contribution in [0.5, 0.6) is 11.5 Å². The summed E-state index contributed by atoms with van der Waals surface area (Å²) in [6.45, 7) is 27.3. The van der Waals surface area contributed by atoms with Crippen molar-refractivity contribution in [1.29, 1.82) is 0 Å². The van der Waals surface area contributed by atoms with Crippen LogP contribution in [-0.2, 0) is 24.1 Å². The van der Waals surface area contributed by atoms with Crippen molar-refractivity contribution < 1.29 is 39.8 Å². The van der Waals surface area contributed by atoms with Crippen molar-refractivity contribution in [3.63, 3.8) is 0 Å². The first-order chi connectivity index (χ1) is 51.3. The molecule has 0 spiro atoms. The van der Waals surface area contributed by atoms with Crippen LogP contribution in [0.25, 0.3) is 30.4 Å². The van der Waals surface area contributed by atoms with E-state index in [1.54, 1.807) is 6.08 Å². The van der Waals surface area contributed by atoms with Crippen molar-refractivity contribution in [2.75, 3.05) is 47.9 Å². The smallest absolute Gasteiger partial charge is 0.217 e. The Morgan fingerprint density at radius 3 is 0.896 bits per heavy atom. The molecule has 13 heteroatoms. The maximum Gasteiger partial charge on any atom is 0.217 e. The van der Waals surface area contributed by atoms with Crippen LogP contribution in [0, 0.1) is 0 Å². The van der Waals surface area contributed by atoms with Crippen molar-refractivity contribution in [2.45, 2.75) is 291 Å². The van der Waals surface area contributed by atoms with E-state index in [0.717, 1.165) is 110 Å². The van der Waals surface area contributed by atoms with Crippen LogP contribution in [-0.4, -0.2) is 145 Å². The predicted octanol–water partition coefficient (Wildman–Crippen LogP) is 19.3.